The van der Waals surface area contributed by atoms with Gasteiger partial charge in [-0.15, -0.1) is 47.5 Å². The molecule has 0 spiro atoms. The number of oxazole rings is 2. The zero-order valence-electron chi connectivity index (χ0n) is 47.3. The summed E-state index contributed by atoms with van der Waals surface area (Å²) in [6.07, 6.45) is 20.1. The Labute approximate surface area is 547 Å². The quantitative estimate of drug-likeness (QED) is 0.0651. The Morgan fingerprint density at radius 3 is 1.46 bits per heavy atom. The van der Waals surface area contributed by atoms with Gasteiger partial charge in [-0.3, -0.25) is 11.8 Å². The molecule has 12 nitrogen and oxygen atoms in total. The third-order valence-electron chi connectivity index (χ3n) is 13.0. The third-order valence-corrected chi connectivity index (χ3v) is 13.0. The summed E-state index contributed by atoms with van der Waals surface area (Å²) in [6, 6.07) is 85.6. The van der Waals surface area contributed by atoms with Crippen molar-refractivity contribution in [2.45, 2.75) is 6.92 Å². The van der Waals surface area contributed by atoms with Crippen LogP contribution in [0.2, 0.25) is 0 Å². The molecular weight excluding hydrogens is 1470 g/mol. The van der Waals surface area contributed by atoms with Gasteiger partial charge in [-0.1, -0.05) is 199 Å². The van der Waals surface area contributed by atoms with Crippen LogP contribution in [0.3, 0.4) is 0 Å². The molecule has 434 valence electrons. The minimum Gasteiger partial charge on any atom is -0.618 e. The summed E-state index contributed by atoms with van der Waals surface area (Å²) in [5, 5.41) is 17.6. The molecule has 6 aromatic heterocycles. The van der Waals surface area contributed by atoms with Crippen molar-refractivity contribution in [2.75, 3.05) is 0 Å². The molecule has 0 aliphatic heterocycles. The Bertz CT molecular complexity index is 4390. The van der Waals surface area contributed by atoms with Crippen LogP contribution in [0, 0.1) is 43.7 Å². The predicted molar refractivity (Wildman–Crippen MR) is 335 cm³/mol. The van der Waals surface area contributed by atoms with E-state index in [1.807, 2.05) is 244 Å². The van der Waals surface area contributed by atoms with Crippen molar-refractivity contribution in [1.29, 1.82) is 0 Å². The van der Waals surface area contributed by atoms with Gasteiger partial charge in [0, 0.05) is 58.5 Å². The van der Waals surface area contributed by atoms with Gasteiger partial charge in [0.25, 0.3) is 0 Å². The maximum Gasteiger partial charge on any atom is 3.00 e. The van der Waals surface area contributed by atoms with E-state index in [0.29, 0.717) is 52.2 Å². The van der Waals surface area contributed by atoms with Crippen molar-refractivity contribution >= 4 is 0 Å². The first-order chi connectivity index (χ1) is 42.9. The molecule has 0 amide bonds. The van der Waals surface area contributed by atoms with Gasteiger partial charge in [-0.2, -0.15) is 16.8 Å². The number of benzene rings is 8. The molecule has 0 atom stereocenters. The van der Waals surface area contributed by atoms with Crippen LogP contribution in [0.15, 0.2) is 282 Å². The topological polar surface area (TPSA) is 150 Å². The Hall–Kier alpha value is -10.9. The number of rotatable bonds is 12. The zero-order valence-corrected chi connectivity index (χ0v) is 51.6. The molecule has 0 aliphatic carbocycles. The fraction of sp³-hybridized carbons (Fsp3) is 0.0133. The Morgan fingerprint density at radius 1 is 0.449 bits per heavy atom. The first-order valence-corrected chi connectivity index (χ1v) is 27.4. The van der Waals surface area contributed by atoms with E-state index in [9.17, 15) is 0 Å². The molecule has 0 bridgehead atoms. The van der Waals surface area contributed by atoms with Gasteiger partial charge in [-0.25, -0.2) is 25.6 Å². The first-order valence-electron chi connectivity index (χ1n) is 27.4. The molecule has 0 radical (unpaired) electrons. The van der Waals surface area contributed by atoms with Crippen LogP contribution >= 0.6 is 0 Å². The molecule has 0 unspecified atom stereocenters. The maximum atomic E-state index is 6.69. The van der Waals surface area contributed by atoms with E-state index >= 15 is 0 Å². The van der Waals surface area contributed by atoms with Crippen LogP contribution in [0.4, 0.5) is 0 Å². The molecule has 0 aliphatic rings. The summed E-state index contributed by atoms with van der Waals surface area (Å²) in [6.45, 7) is 1.95. The molecule has 6 heterocycles. The minimum absolute atomic E-state index is 0. The van der Waals surface area contributed by atoms with Crippen LogP contribution in [-0.2, 0) is 44.8 Å². The molecule has 14 heteroatoms. The van der Waals surface area contributed by atoms with E-state index < -0.39 is 0 Å². The second-order valence-corrected chi connectivity index (χ2v) is 19.0. The molecular formula is C75H48Au2N8O4. The SMILES string of the molecule is Cc1n[n-]c(-c2[c-]c(Oc3ccccn3)cc(-c3nc(-c4ccccc4)co3)c2)c1-c1ccccc1.[Au+3].[Au+3].[C-]#Cc1ccccc1.[C-]#Cc1ccccc1.[c-]1c(Oc2ccccn2)cc(-c2cnc(-c3ccccc3)o2)cc1-c1cc(-c2ccccc2)n[n-]1. The Morgan fingerprint density at radius 2 is 0.933 bits per heavy atom. The summed E-state index contributed by atoms with van der Waals surface area (Å²) in [5.74, 6) is 8.05. The summed E-state index contributed by atoms with van der Waals surface area (Å²) in [7, 11) is 0. The molecule has 0 saturated heterocycles. The monoisotopic (exact) mass is 1520 g/mol. The molecule has 14 rings (SSSR count). The molecule has 14 aromatic rings. The minimum atomic E-state index is 0. The fourth-order valence-corrected chi connectivity index (χ4v) is 8.79. The smallest absolute Gasteiger partial charge is 0.618 e. The van der Waals surface area contributed by atoms with Crippen LogP contribution in [0.5, 0.6) is 23.3 Å². The van der Waals surface area contributed by atoms with E-state index in [4.69, 9.17) is 36.1 Å². The van der Waals surface area contributed by atoms with Crippen molar-refractivity contribution in [2.24, 2.45) is 0 Å². The molecule has 89 heavy (non-hydrogen) atoms. The van der Waals surface area contributed by atoms with Gasteiger partial charge in [0.2, 0.25) is 23.5 Å². The Balaban J connectivity index is 0.000000166. The standard InChI is InChI=1S/C30H20N4O2.C29H18N4O2.2C8H5.2Au/c1-20-28(22-12-6-3-7-13-22)29(34-33-20)23-16-24(18-25(17-23)36-27-14-8-9-15-31-27)30-32-26(19-35-30)21-10-4-2-5-11-21;1-3-9-20(10-4-1)25-18-26(33-32-25)22-15-23(17-24(16-22)34-28-13-7-8-14-30-28)27-19-31-29(35-27)21-11-5-2-6-12-21;2*1-2-8-6-4-3-5-7-8;;/h2-16,18-19H,1H3;1-15,17-19H;2*3-7H;;/q2*-2;2*-1;2*+3. The number of hydrogen-bond donors (Lipinski definition) is 0. The van der Waals surface area contributed by atoms with Gasteiger partial charge in [0.05, 0.1) is 6.20 Å². The van der Waals surface area contributed by atoms with Crippen molar-refractivity contribution in [3.63, 3.8) is 0 Å². The first kappa shape index (κ1) is 62.6. The van der Waals surface area contributed by atoms with Crippen molar-refractivity contribution in [3.8, 4) is 125 Å². The predicted octanol–water partition coefficient (Wildman–Crippen LogP) is 16.9. The number of pyridine rings is 2. The van der Waals surface area contributed by atoms with Gasteiger partial charge in [0.15, 0.2) is 0 Å². The average Bonchev–Trinajstić information content (AvgIpc) is 2.75. The second kappa shape index (κ2) is 31.5. The number of ether oxygens (including phenoxy) is 2. The van der Waals surface area contributed by atoms with E-state index in [1.54, 1.807) is 37.0 Å². The number of aromatic nitrogens is 8. The average molecular weight is 1520 g/mol. The van der Waals surface area contributed by atoms with Gasteiger partial charge in [-0.05, 0) is 47.9 Å². The van der Waals surface area contributed by atoms with E-state index in [1.165, 1.54) is 0 Å². The Kier molecular flexibility index (Phi) is 22.1. The maximum absolute atomic E-state index is 6.69. The number of hydrogen-bond acceptors (Lipinski definition) is 10. The fourth-order valence-electron chi connectivity index (χ4n) is 8.79. The van der Waals surface area contributed by atoms with Crippen LogP contribution in [-0.4, -0.2) is 30.1 Å². The largest absolute Gasteiger partial charge is 3.00 e. The van der Waals surface area contributed by atoms with Gasteiger partial charge in [0.1, 0.15) is 17.7 Å². The number of aryl methyl sites for hydroxylation is 1. The molecule has 0 fully saturated rings. The molecule has 0 saturated carbocycles. The number of nitrogens with zero attached hydrogens (tertiary/aromatic N) is 8. The van der Waals surface area contributed by atoms with E-state index in [-0.39, 0.29) is 44.8 Å². The van der Waals surface area contributed by atoms with Crippen molar-refractivity contribution < 1.29 is 63.1 Å². The molecule has 8 aromatic carbocycles. The van der Waals surface area contributed by atoms with E-state index in [2.05, 4.69) is 59.3 Å². The summed E-state index contributed by atoms with van der Waals surface area (Å²) < 4.78 is 24.1. The normalized spacial score (nSPS) is 10.1. The van der Waals surface area contributed by atoms with Crippen LogP contribution in [0.1, 0.15) is 16.8 Å². The summed E-state index contributed by atoms with van der Waals surface area (Å²) >= 11 is 0. The van der Waals surface area contributed by atoms with Gasteiger partial charge >= 0.3 is 44.8 Å². The van der Waals surface area contributed by atoms with Crippen LogP contribution in [0.25, 0.3) is 90.4 Å². The summed E-state index contributed by atoms with van der Waals surface area (Å²) in [5.41, 5.74) is 13.2. The second-order valence-electron chi connectivity index (χ2n) is 19.0. The third kappa shape index (κ3) is 16.8. The van der Waals surface area contributed by atoms with Crippen molar-refractivity contribution in [3.05, 3.63) is 315 Å². The van der Waals surface area contributed by atoms with Gasteiger partial charge < -0.3 is 51.5 Å². The summed E-state index contributed by atoms with van der Waals surface area (Å²) in [4.78, 5) is 17.7. The molecule has 0 N–H and O–H groups in total. The van der Waals surface area contributed by atoms with E-state index in [0.717, 1.165) is 78.3 Å². The van der Waals surface area contributed by atoms with Crippen LogP contribution < -0.4 is 19.7 Å². The zero-order chi connectivity index (χ0) is 59.4. The van der Waals surface area contributed by atoms with Crippen molar-refractivity contribution in [1.82, 2.24) is 40.3 Å².